The Balaban J connectivity index is 1.79. The largest absolute Gasteiger partial charge is 0.507 e. The maximum atomic E-state index is 10.3. The minimum Gasteiger partial charge on any atom is -0.507 e. The minimum atomic E-state index is 0.182. The van der Waals surface area contributed by atoms with Gasteiger partial charge in [-0.1, -0.05) is 24.3 Å². The zero-order valence-electron chi connectivity index (χ0n) is 16.7. The number of anilines is 1. The summed E-state index contributed by atoms with van der Waals surface area (Å²) in [5.41, 5.74) is 3.71. The van der Waals surface area contributed by atoms with E-state index in [0.717, 1.165) is 47.5 Å². The average molecular weight is 384 g/mol. The fourth-order valence-corrected chi connectivity index (χ4v) is 3.46. The van der Waals surface area contributed by atoms with Gasteiger partial charge in [0.2, 0.25) is 0 Å². The number of phenols is 1. The molecule has 0 saturated carbocycles. The topological polar surface area (TPSA) is 62.1 Å². The van der Waals surface area contributed by atoms with Crippen LogP contribution in [0, 0.1) is 6.92 Å². The number of likely N-dealkylation sites (N-methyl/N-ethyl adjacent to an activating group) is 1. The van der Waals surface area contributed by atoms with Crippen molar-refractivity contribution in [1.82, 2.24) is 15.0 Å². The molecule has 2 aromatic heterocycles. The molecule has 146 valence electrons. The van der Waals surface area contributed by atoms with E-state index < -0.39 is 0 Å². The molecule has 0 atom stereocenters. The summed E-state index contributed by atoms with van der Waals surface area (Å²) in [6.07, 6.45) is 2.66. The van der Waals surface area contributed by atoms with Crippen LogP contribution in [0.2, 0.25) is 0 Å². The van der Waals surface area contributed by atoms with Crippen molar-refractivity contribution in [2.24, 2.45) is 0 Å². The van der Waals surface area contributed by atoms with Crippen LogP contribution in [0.3, 0.4) is 0 Å². The smallest absolute Gasteiger partial charge is 0.165 e. The molecule has 29 heavy (non-hydrogen) atoms. The predicted molar refractivity (Wildman–Crippen MR) is 117 cm³/mol. The van der Waals surface area contributed by atoms with Gasteiger partial charge in [0.1, 0.15) is 11.6 Å². The van der Waals surface area contributed by atoms with Crippen molar-refractivity contribution >= 4 is 16.7 Å². The SMILES string of the molecule is CCN(CCc1ccccn1)c1nc(-c2ccccc2O)nc2cc(C)ccc12. The first-order valence-electron chi connectivity index (χ1n) is 9.87. The summed E-state index contributed by atoms with van der Waals surface area (Å²) < 4.78 is 0. The number of hydrogen-bond acceptors (Lipinski definition) is 5. The standard InChI is InChI=1S/C24H24N4O/c1-3-28(15-13-18-8-6-7-14-25-18)24-19-12-11-17(2)16-21(19)26-23(27-24)20-9-4-5-10-22(20)29/h4-12,14,16,29H,3,13,15H2,1-2H3. The quantitative estimate of drug-likeness (QED) is 0.519. The van der Waals surface area contributed by atoms with E-state index in [2.05, 4.69) is 41.9 Å². The number of phenolic OH excluding ortho intramolecular Hbond substituents is 1. The highest BCUT2D eigenvalue weighted by atomic mass is 16.3. The van der Waals surface area contributed by atoms with Gasteiger partial charge in [0, 0.05) is 36.8 Å². The molecule has 0 bridgehead atoms. The van der Waals surface area contributed by atoms with E-state index in [1.165, 1.54) is 0 Å². The lowest BCUT2D eigenvalue weighted by atomic mass is 10.1. The number of para-hydroxylation sites is 1. The van der Waals surface area contributed by atoms with Gasteiger partial charge in [0.05, 0.1) is 11.1 Å². The predicted octanol–water partition coefficient (Wildman–Crippen LogP) is 4.77. The van der Waals surface area contributed by atoms with Gasteiger partial charge in [-0.25, -0.2) is 9.97 Å². The molecule has 5 heteroatoms. The Morgan fingerprint density at radius 3 is 2.55 bits per heavy atom. The Bertz CT molecular complexity index is 1130. The zero-order chi connectivity index (χ0) is 20.2. The number of benzene rings is 2. The summed E-state index contributed by atoms with van der Waals surface area (Å²) in [4.78, 5) is 16.3. The van der Waals surface area contributed by atoms with Crippen molar-refractivity contribution in [3.8, 4) is 17.1 Å². The van der Waals surface area contributed by atoms with Crippen LogP contribution in [-0.4, -0.2) is 33.1 Å². The van der Waals surface area contributed by atoms with Crippen molar-refractivity contribution in [1.29, 1.82) is 0 Å². The highest BCUT2D eigenvalue weighted by Gasteiger charge is 2.16. The molecule has 0 aliphatic rings. The van der Waals surface area contributed by atoms with E-state index in [-0.39, 0.29) is 5.75 Å². The van der Waals surface area contributed by atoms with E-state index in [9.17, 15) is 5.11 Å². The van der Waals surface area contributed by atoms with Crippen LogP contribution in [0.5, 0.6) is 5.75 Å². The van der Waals surface area contributed by atoms with Crippen molar-refractivity contribution in [3.63, 3.8) is 0 Å². The monoisotopic (exact) mass is 384 g/mol. The Hall–Kier alpha value is -3.47. The molecule has 4 aromatic rings. The fraction of sp³-hybridized carbons (Fsp3) is 0.208. The van der Waals surface area contributed by atoms with Gasteiger partial charge < -0.3 is 10.0 Å². The van der Waals surface area contributed by atoms with E-state index in [1.807, 2.05) is 36.5 Å². The number of nitrogens with zero attached hydrogens (tertiary/aromatic N) is 4. The molecule has 0 saturated heterocycles. The molecule has 0 fully saturated rings. The normalized spacial score (nSPS) is 11.0. The summed E-state index contributed by atoms with van der Waals surface area (Å²) in [7, 11) is 0. The van der Waals surface area contributed by atoms with Crippen molar-refractivity contribution < 1.29 is 5.11 Å². The van der Waals surface area contributed by atoms with Gasteiger partial charge in [-0.05, 0) is 55.8 Å². The first kappa shape index (κ1) is 18.9. The number of rotatable bonds is 6. The van der Waals surface area contributed by atoms with Gasteiger partial charge in [0.15, 0.2) is 5.82 Å². The number of hydrogen-bond donors (Lipinski definition) is 1. The Morgan fingerprint density at radius 1 is 0.966 bits per heavy atom. The molecule has 0 unspecified atom stereocenters. The third kappa shape index (κ3) is 4.04. The molecule has 5 nitrogen and oxygen atoms in total. The highest BCUT2D eigenvalue weighted by molar-refractivity contribution is 5.91. The average Bonchev–Trinajstić information content (AvgIpc) is 2.74. The maximum Gasteiger partial charge on any atom is 0.165 e. The lowest BCUT2D eigenvalue weighted by Crippen LogP contribution is -2.27. The number of aryl methyl sites for hydroxylation is 1. The van der Waals surface area contributed by atoms with Crippen LogP contribution in [-0.2, 0) is 6.42 Å². The molecule has 2 aromatic carbocycles. The molecular formula is C24H24N4O. The first-order chi connectivity index (χ1) is 14.2. The number of aromatic nitrogens is 3. The van der Waals surface area contributed by atoms with Gasteiger partial charge >= 0.3 is 0 Å². The molecule has 0 amide bonds. The second kappa shape index (κ2) is 8.27. The van der Waals surface area contributed by atoms with Gasteiger partial charge in [-0.2, -0.15) is 0 Å². The number of aromatic hydroxyl groups is 1. The van der Waals surface area contributed by atoms with Crippen molar-refractivity contribution in [2.45, 2.75) is 20.3 Å². The molecule has 2 heterocycles. The van der Waals surface area contributed by atoms with Crippen LogP contribution in [0.1, 0.15) is 18.2 Å². The maximum absolute atomic E-state index is 10.3. The van der Waals surface area contributed by atoms with Crippen molar-refractivity contribution in [3.05, 3.63) is 78.1 Å². The molecule has 4 rings (SSSR count). The highest BCUT2D eigenvalue weighted by Crippen LogP contribution is 2.31. The number of fused-ring (bicyclic) bond motifs is 1. The Labute approximate surface area is 170 Å². The van der Waals surface area contributed by atoms with E-state index in [4.69, 9.17) is 9.97 Å². The van der Waals surface area contributed by atoms with Crippen LogP contribution in [0.15, 0.2) is 66.9 Å². The number of pyridine rings is 1. The summed E-state index contributed by atoms with van der Waals surface area (Å²) in [6, 6.07) is 19.4. The second-order valence-corrected chi connectivity index (χ2v) is 7.06. The third-order valence-corrected chi connectivity index (χ3v) is 5.02. The van der Waals surface area contributed by atoms with Gasteiger partial charge in [-0.3, -0.25) is 4.98 Å². The summed E-state index contributed by atoms with van der Waals surface area (Å²) >= 11 is 0. The molecule has 0 spiro atoms. The molecule has 0 aliphatic heterocycles. The lowest BCUT2D eigenvalue weighted by Gasteiger charge is -2.24. The molecular weight excluding hydrogens is 360 g/mol. The van der Waals surface area contributed by atoms with Crippen LogP contribution < -0.4 is 4.90 Å². The van der Waals surface area contributed by atoms with Crippen LogP contribution in [0.4, 0.5) is 5.82 Å². The summed E-state index contributed by atoms with van der Waals surface area (Å²) in [5, 5.41) is 11.3. The lowest BCUT2D eigenvalue weighted by molar-refractivity contribution is 0.477. The first-order valence-corrected chi connectivity index (χ1v) is 9.87. The second-order valence-electron chi connectivity index (χ2n) is 7.06. The Kier molecular flexibility index (Phi) is 5.38. The molecule has 0 radical (unpaired) electrons. The third-order valence-electron chi connectivity index (χ3n) is 5.02. The summed E-state index contributed by atoms with van der Waals surface area (Å²) in [5.74, 6) is 1.60. The summed E-state index contributed by atoms with van der Waals surface area (Å²) in [6.45, 7) is 5.79. The van der Waals surface area contributed by atoms with E-state index in [1.54, 1.807) is 12.1 Å². The zero-order valence-corrected chi connectivity index (χ0v) is 16.7. The van der Waals surface area contributed by atoms with Gasteiger partial charge in [-0.15, -0.1) is 0 Å². The van der Waals surface area contributed by atoms with E-state index >= 15 is 0 Å². The van der Waals surface area contributed by atoms with E-state index in [0.29, 0.717) is 11.4 Å². The minimum absolute atomic E-state index is 0.182. The van der Waals surface area contributed by atoms with Crippen LogP contribution in [0.25, 0.3) is 22.3 Å². The van der Waals surface area contributed by atoms with Crippen molar-refractivity contribution in [2.75, 3.05) is 18.0 Å². The van der Waals surface area contributed by atoms with Crippen LogP contribution >= 0.6 is 0 Å². The molecule has 0 aliphatic carbocycles. The Morgan fingerprint density at radius 2 is 1.79 bits per heavy atom. The molecule has 1 N–H and O–H groups in total. The van der Waals surface area contributed by atoms with Gasteiger partial charge in [0.25, 0.3) is 0 Å². The fourth-order valence-electron chi connectivity index (χ4n) is 3.46.